The van der Waals surface area contributed by atoms with Crippen molar-refractivity contribution in [3.8, 4) is 23.0 Å². The van der Waals surface area contributed by atoms with Crippen LogP contribution in [0.15, 0.2) is 59.5 Å². The molecule has 3 aromatic carbocycles. The van der Waals surface area contributed by atoms with E-state index in [2.05, 4.69) is 10.6 Å². The highest BCUT2D eigenvalue weighted by atomic mass is 32.2. The summed E-state index contributed by atoms with van der Waals surface area (Å²) in [6.45, 7) is -0.361. The third-order valence-electron chi connectivity index (χ3n) is 4.56. The summed E-state index contributed by atoms with van der Waals surface area (Å²) >= 11 is 0. The maximum Gasteiger partial charge on any atom is 0.294 e. The van der Waals surface area contributed by atoms with Crippen LogP contribution in [0, 0.1) is 0 Å². The van der Waals surface area contributed by atoms with Crippen molar-refractivity contribution in [3.63, 3.8) is 0 Å². The van der Waals surface area contributed by atoms with Gasteiger partial charge in [-0.15, -0.1) is 0 Å². The molecule has 0 heterocycles. The van der Waals surface area contributed by atoms with Crippen LogP contribution in [0.1, 0.15) is 31.8 Å². The van der Waals surface area contributed by atoms with E-state index in [1.54, 1.807) is 0 Å². The van der Waals surface area contributed by atoms with Gasteiger partial charge in [0.2, 0.25) is 0 Å². The van der Waals surface area contributed by atoms with E-state index in [0.29, 0.717) is 0 Å². The van der Waals surface area contributed by atoms with Crippen molar-refractivity contribution in [1.29, 1.82) is 0 Å². The number of amides is 2. The number of hydrogen-bond donors (Lipinski definition) is 7. The fourth-order valence-electron chi connectivity index (χ4n) is 3.10. The van der Waals surface area contributed by atoms with E-state index in [1.807, 2.05) is 0 Å². The molecule has 34 heavy (non-hydrogen) atoms. The minimum Gasteiger partial charge on any atom is -0.508 e. The first-order valence-electron chi connectivity index (χ1n) is 9.63. The Bertz CT molecular complexity index is 1240. The summed E-state index contributed by atoms with van der Waals surface area (Å²) in [7, 11) is -4.61. The van der Waals surface area contributed by atoms with Gasteiger partial charge < -0.3 is 31.1 Å². The zero-order valence-corrected chi connectivity index (χ0v) is 18.2. The maximum atomic E-state index is 12.3. The number of carbonyl (C=O) groups excluding carboxylic acids is 2. The van der Waals surface area contributed by atoms with Crippen molar-refractivity contribution in [1.82, 2.24) is 10.6 Å². The molecule has 3 aromatic rings. The van der Waals surface area contributed by atoms with E-state index in [-0.39, 0.29) is 58.3 Å². The molecule has 0 bridgehead atoms. The summed E-state index contributed by atoms with van der Waals surface area (Å²) in [5.74, 6) is -2.62. The van der Waals surface area contributed by atoms with Crippen LogP contribution in [0.5, 0.6) is 23.0 Å². The van der Waals surface area contributed by atoms with Gasteiger partial charge in [0, 0.05) is 36.3 Å². The second-order valence-corrected chi connectivity index (χ2v) is 8.72. The maximum absolute atomic E-state index is 12.3. The Morgan fingerprint density at radius 1 is 0.618 bits per heavy atom. The van der Waals surface area contributed by atoms with E-state index < -0.39 is 26.8 Å². The molecule has 178 valence electrons. The SMILES string of the molecule is O=C(NCc1cc(CNC(=O)c2cc(O)cc(O)c2)cc(S(=O)(=O)O)c1)c1cc(O)cc(O)c1. The lowest BCUT2D eigenvalue weighted by molar-refractivity contribution is 0.0943. The molecule has 0 atom stereocenters. The summed E-state index contributed by atoms with van der Waals surface area (Å²) in [4.78, 5) is 24.2. The third kappa shape index (κ3) is 6.37. The van der Waals surface area contributed by atoms with E-state index in [4.69, 9.17) is 0 Å². The standard InChI is InChI=1S/C22H20N2O9S/c25-16-4-14(5-17(26)8-16)21(29)23-10-12-1-13(3-20(2-12)34(31,32)33)11-24-22(30)15-6-18(27)9-19(28)7-15/h1-9,25-28H,10-11H2,(H,23,29)(H,24,30)(H,31,32,33). The first-order chi connectivity index (χ1) is 15.9. The van der Waals surface area contributed by atoms with Crippen molar-refractivity contribution in [2.45, 2.75) is 18.0 Å². The van der Waals surface area contributed by atoms with Gasteiger partial charge in [-0.1, -0.05) is 6.07 Å². The van der Waals surface area contributed by atoms with Gasteiger partial charge in [-0.2, -0.15) is 8.42 Å². The van der Waals surface area contributed by atoms with Gasteiger partial charge in [-0.3, -0.25) is 14.1 Å². The molecule has 0 saturated heterocycles. The molecule has 0 saturated carbocycles. The second kappa shape index (κ2) is 9.68. The molecule has 0 radical (unpaired) electrons. The molecule has 12 heteroatoms. The van der Waals surface area contributed by atoms with E-state index in [0.717, 1.165) is 48.5 Å². The van der Waals surface area contributed by atoms with Gasteiger partial charge in [-0.25, -0.2) is 0 Å². The molecule has 7 N–H and O–H groups in total. The summed E-state index contributed by atoms with van der Waals surface area (Å²) < 4.78 is 32.8. The Morgan fingerprint density at radius 3 is 1.29 bits per heavy atom. The Morgan fingerprint density at radius 2 is 0.971 bits per heavy atom. The van der Waals surface area contributed by atoms with Crippen LogP contribution < -0.4 is 10.6 Å². The number of aromatic hydroxyl groups is 4. The number of phenolic OH excluding ortho intramolecular Hbond substituents is 4. The van der Waals surface area contributed by atoms with Crippen LogP contribution in [-0.2, 0) is 23.2 Å². The minimum absolute atomic E-state index is 0.0368. The molecule has 0 aliphatic rings. The van der Waals surface area contributed by atoms with Crippen LogP contribution in [0.2, 0.25) is 0 Å². The molecule has 3 rings (SSSR count). The topological polar surface area (TPSA) is 193 Å². The van der Waals surface area contributed by atoms with Gasteiger partial charge in [0.15, 0.2) is 0 Å². The van der Waals surface area contributed by atoms with Gasteiger partial charge in [0.05, 0.1) is 4.90 Å². The smallest absolute Gasteiger partial charge is 0.294 e. The van der Waals surface area contributed by atoms with Crippen molar-refractivity contribution >= 4 is 21.9 Å². The minimum atomic E-state index is -4.61. The molecule has 11 nitrogen and oxygen atoms in total. The van der Waals surface area contributed by atoms with Crippen molar-refractivity contribution < 1.29 is 43.0 Å². The highest BCUT2D eigenvalue weighted by molar-refractivity contribution is 7.85. The van der Waals surface area contributed by atoms with Crippen molar-refractivity contribution in [2.75, 3.05) is 0 Å². The summed E-state index contributed by atoms with van der Waals surface area (Å²) in [5.41, 5.74) is 0.467. The predicted molar refractivity (Wildman–Crippen MR) is 118 cm³/mol. The second-order valence-electron chi connectivity index (χ2n) is 7.30. The number of benzene rings is 3. The first kappa shape index (κ1) is 24.4. The van der Waals surface area contributed by atoms with E-state index >= 15 is 0 Å². The number of hydrogen-bond acceptors (Lipinski definition) is 8. The fraction of sp³-hybridized carbons (Fsp3) is 0.0909. The largest absolute Gasteiger partial charge is 0.508 e. The number of rotatable bonds is 7. The van der Waals surface area contributed by atoms with Gasteiger partial charge in [0.1, 0.15) is 23.0 Å². The molecule has 0 aromatic heterocycles. The van der Waals surface area contributed by atoms with Crippen LogP contribution in [0.25, 0.3) is 0 Å². The number of nitrogens with one attached hydrogen (secondary N) is 2. The lowest BCUT2D eigenvalue weighted by atomic mass is 10.1. The lowest BCUT2D eigenvalue weighted by Crippen LogP contribution is -2.24. The Balaban J connectivity index is 1.78. The summed E-state index contributed by atoms with van der Waals surface area (Å²) in [6.07, 6.45) is 0. The molecular formula is C22H20N2O9S. The van der Waals surface area contributed by atoms with Crippen LogP contribution >= 0.6 is 0 Å². The predicted octanol–water partition coefficient (Wildman–Crippen LogP) is 1.62. The van der Waals surface area contributed by atoms with Gasteiger partial charge >= 0.3 is 0 Å². The number of carbonyl (C=O) groups is 2. The highest BCUT2D eigenvalue weighted by Crippen LogP contribution is 2.22. The van der Waals surface area contributed by atoms with Crippen molar-refractivity contribution in [2.24, 2.45) is 0 Å². The van der Waals surface area contributed by atoms with Crippen LogP contribution in [0.4, 0.5) is 0 Å². The Labute approximate surface area is 193 Å². The Hall–Kier alpha value is -4.29. The molecule has 0 aliphatic heterocycles. The zero-order chi connectivity index (χ0) is 25.0. The van der Waals surface area contributed by atoms with Gasteiger partial charge in [0.25, 0.3) is 21.9 Å². The first-order valence-corrected chi connectivity index (χ1v) is 11.1. The van der Waals surface area contributed by atoms with E-state index in [1.165, 1.54) is 6.07 Å². The highest BCUT2D eigenvalue weighted by Gasteiger charge is 2.15. The molecule has 0 spiro atoms. The average molecular weight is 488 g/mol. The molecule has 0 aliphatic carbocycles. The molecule has 2 amide bonds. The summed E-state index contributed by atoms with van der Waals surface area (Å²) in [6, 6.07) is 10.4. The number of phenols is 4. The van der Waals surface area contributed by atoms with Crippen LogP contribution in [0.3, 0.4) is 0 Å². The zero-order valence-electron chi connectivity index (χ0n) is 17.4. The lowest BCUT2D eigenvalue weighted by Gasteiger charge is -2.11. The normalized spacial score (nSPS) is 11.1. The monoisotopic (exact) mass is 488 g/mol. The summed E-state index contributed by atoms with van der Waals surface area (Å²) in [5, 5.41) is 43.0. The average Bonchev–Trinajstić information content (AvgIpc) is 2.73. The molecular weight excluding hydrogens is 468 g/mol. The Kier molecular flexibility index (Phi) is 6.94. The fourth-order valence-corrected chi connectivity index (χ4v) is 3.70. The van der Waals surface area contributed by atoms with Gasteiger partial charge in [-0.05, 0) is 47.5 Å². The third-order valence-corrected chi connectivity index (χ3v) is 5.39. The molecule has 0 unspecified atom stereocenters. The molecule has 0 fully saturated rings. The van der Waals surface area contributed by atoms with Crippen molar-refractivity contribution in [3.05, 3.63) is 76.9 Å². The van der Waals surface area contributed by atoms with Crippen LogP contribution in [-0.4, -0.2) is 45.2 Å². The quantitative estimate of drug-likeness (QED) is 0.242. The van der Waals surface area contributed by atoms with E-state index in [9.17, 15) is 43.0 Å².